The van der Waals surface area contributed by atoms with Crippen LogP contribution in [0, 0.1) is 13.8 Å². The third-order valence-corrected chi connectivity index (χ3v) is 5.37. The fraction of sp³-hybridized carbons (Fsp3) is 0.348. The van der Waals surface area contributed by atoms with Crippen molar-refractivity contribution in [3.8, 4) is 0 Å². The number of rotatable bonds is 4. The topological polar surface area (TPSA) is 71.5 Å². The Balaban J connectivity index is 1.90. The van der Waals surface area contributed by atoms with E-state index in [4.69, 9.17) is 4.74 Å². The minimum absolute atomic E-state index is 0.267. The molecule has 0 spiro atoms. The highest BCUT2D eigenvalue weighted by molar-refractivity contribution is 6.02. The van der Waals surface area contributed by atoms with Gasteiger partial charge in [-0.3, -0.25) is 9.78 Å². The molecule has 1 aliphatic rings. The van der Waals surface area contributed by atoms with E-state index < -0.39 is 5.97 Å². The van der Waals surface area contributed by atoms with Gasteiger partial charge in [-0.15, -0.1) is 0 Å². The summed E-state index contributed by atoms with van der Waals surface area (Å²) in [5.74, 6) is -0.713. The number of anilines is 2. The average Bonchev–Trinajstić information content (AvgIpc) is 2.85. The largest absolute Gasteiger partial charge is 0.462 e. The van der Waals surface area contributed by atoms with E-state index in [-0.39, 0.29) is 17.9 Å². The first kappa shape index (κ1) is 20.6. The SMILES string of the molecule is CCOC(=O)c1cc(NC(=O)/C=C2/N(C)c3ccccc3C2(C)C)c(C)nc1C. The van der Waals surface area contributed by atoms with Crippen molar-refractivity contribution in [2.45, 2.75) is 40.0 Å². The van der Waals surface area contributed by atoms with Crippen molar-refractivity contribution in [3.05, 3.63) is 64.6 Å². The Labute approximate surface area is 171 Å². The number of fused-ring (bicyclic) bond motifs is 1. The summed E-state index contributed by atoms with van der Waals surface area (Å²) < 4.78 is 5.08. The first-order valence-electron chi connectivity index (χ1n) is 9.68. The van der Waals surface area contributed by atoms with E-state index in [9.17, 15) is 9.59 Å². The molecule has 1 aromatic carbocycles. The molecule has 3 rings (SSSR count). The van der Waals surface area contributed by atoms with E-state index in [0.717, 1.165) is 11.4 Å². The van der Waals surface area contributed by atoms with Gasteiger partial charge in [0, 0.05) is 29.9 Å². The predicted molar refractivity (Wildman–Crippen MR) is 114 cm³/mol. The van der Waals surface area contributed by atoms with Crippen molar-refractivity contribution in [2.75, 3.05) is 23.9 Å². The van der Waals surface area contributed by atoms with Crippen LogP contribution >= 0.6 is 0 Å². The zero-order valence-corrected chi connectivity index (χ0v) is 17.8. The molecular formula is C23H27N3O3. The summed E-state index contributed by atoms with van der Waals surface area (Å²) >= 11 is 0. The van der Waals surface area contributed by atoms with Gasteiger partial charge in [0.05, 0.1) is 29.2 Å². The van der Waals surface area contributed by atoms with Crippen LogP contribution < -0.4 is 10.2 Å². The summed E-state index contributed by atoms with van der Waals surface area (Å²) in [6.07, 6.45) is 1.61. The number of carbonyl (C=O) groups excluding carboxylic acids is 2. The number of nitrogens with one attached hydrogen (secondary N) is 1. The van der Waals surface area contributed by atoms with Crippen molar-refractivity contribution in [2.24, 2.45) is 0 Å². The van der Waals surface area contributed by atoms with Gasteiger partial charge in [0.25, 0.3) is 0 Å². The number of benzene rings is 1. The third kappa shape index (κ3) is 3.75. The van der Waals surface area contributed by atoms with Gasteiger partial charge in [-0.1, -0.05) is 32.0 Å². The molecule has 0 saturated carbocycles. The van der Waals surface area contributed by atoms with Crippen LogP contribution in [0.15, 0.2) is 42.1 Å². The van der Waals surface area contributed by atoms with Crippen LogP contribution in [0.2, 0.25) is 0 Å². The molecule has 1 amide bonds. The molecule has 0 fully saturated rings. The number of likely N-dealkylation sites (N-methyl/N-ethyl adjacent to an activating group) is 1. The molecule has 6 heteroatoms. The minimum Gasteiger partial charge on any atom is -0.462 e. The van der Waals surface area contributed by atoms with E-state index in [1.807, 2.05) is 24.1 Å². The molecule has 0 unspecified atom stereocenters. The number of pyridine rings is 1. The highest BCUT2D eigenvalue weighted by atomic mass is 16.5. The lowest BCUT2D eigenvalue weighted by atomic mass is 9.84. The maximum atomic E-state index is 12.8. The summed E-state index contributed by atoms with van der Waals surface area (Å²) in [6.45, 7) is 9.79. The number of aryl methyl sites for hydroxylation is 2. The molecule has 29 heavy (non-hydrogen) atoms. The molecule has 1 aromatic heterocycles. The van der Waals surface area contributed by atoms with Crippen molar-refractivity contribution in [1.29, 1.82) is 0 Å². The Kier molecular flexibility index (Phi) is 5.46. The van der Waals surface area contributed by atoms with Crippen molar-refractivity contribution in [1.82, 2.24) is 4.98 Å². The lowest BCUT2D eigenvalue weighted by Crippen LogP contribution is -2.25. The molecule has 2 aromatic rings. The van der Waals surface area contributed by atoms with E-state index in [0.29, 0.717) is 22.6 Å². The summed E-state index contributed by atoms with van der Waals surface area (Å²) in [7, 11) is 1.96. The maximum Gasteiger partial charge on any atom is 0.340 e. The smallest absolute Gasteiger partial charge is 0.340 e. The molecule has 1 aliphatic heterocycles. The predicted octanol–water partition coefficient (Wildman–Crippen LogP) is 4.13. The number of nitrogens with zero attached hydrogens (tertiary/aromatic N) is 2. The van der Waals surface area contributed by atoms with Gasteiger partial charge in [-0.05, 0) is 38.5 Å². The van der Waals surface area contributed by atoms with Crippen LogP contribution in [0.5, 0.6) is 0 Å². The van der Waals surface area contributed by atoms with Gasteiger partial charge in [0.1, 0.15) is 0 Å². The Morgan fingerprint density at radius 2 is 1.90 bits per heavy atom. The Hall–Kier alpha value is -3.15. The quantitative estimate of drug-likeness (QED) is 0.625. The van der Waals surface area contributed by atoms with Crippen molar-refractivity contribution < 1.29 is 14.3 Å². The van der Waals surface area contributed by atoms with Crippen LogP contribution in [0.1, 0.15) is 48.1 Å². The maximum absolute atomic E-state index is 12.8. The molecule has 0 bridgehead atoms. The third-order valence-electron chi connectivity index (χ3n) is 5.37. The Morgan fingerprint density at radius 1 is 1.21 bits per heavy atom. The number of amides is 1. The van der Waals surface area contributed by atoms with Crippen molar-refractivity contribution >= 4 is 23.3 Å². The minimum atomic E-state index is -0.446. The number of aromatic nitrogens is 1. The Morgan fingerprint density at radius 3 is 2.55 bits per heavy atom. The average molecular weight is 393 g/mol. The number of para-hydroxylation sites is 1. The molecule has 0 radical (unpaired) electrons. The van der Waals surface area contributed by atoms with Crippen LogP contribution in [-0.2, 0) is 14.9 Å². The van der Waals surface area contributed by atoms with Gasteiger partial charge in [-0.2, -0.15) is 0 Å². The molecule has 0 saturated heterocycles. The second-order valence-electron chi connectivity index (χ2n) is 7.69. The van der Waals surface area contributed by atoms with Gasteiger partial charge >= 0.3 is 5.97 Å². The molecule has 0 aliphatic carbocycles. The lowest BCUT2D eigenvalue weighted by Gasteiger charge is -2.24. The number of hydrogen-bond acceptors (Lipinski definition) is 5. The first-order chi connectivity index (χ1) is 13.7. The number of ether oxygens (including phenoxy) is 1. The number of esters is 1. The van der Waals surface area contributed by atoms with Crippen LogP contribution in [-0.4, -0.2) is 30.5 Å². The van der Waals surface area contributed by atoms with Crippen molar-refractivity contribution in [3.63, 3.8) is 0 Å². The fourth-order valence-electron chi connectivity index (χ4n) is 3.82. The summed E-state index contributed by atoms with van der Waals surface area (Å²) in [4.78, 5) is 31.4. The molecule has 1 N–H and O–H groups in total. The van der Waals surface area contributed by atoms with Gasteiger partial charge in [0.15, 0.2) is 0 Å². The van der Waals surface area contributed by atoms with E-state index >= 15 is 0 Å². The van der Waals surface area contributed by atoms with Crippen LogP contribution in [0.25, 0.3) is 0 Å². The first-order valence-corrected chi connectivity index (χ1v) is 9.68. The molecular weight excluding hydrogens is 366 g/mol. The standard InChI is InChI=1S/C23H27N3O3/c1-7-29-22(28)16-12-18(15(3)24-14(16)2)25-21(27)13-20-23(4,5)17-10-8-9-11-19(17)26(20)6/h8-13H,7H2,1-6H3,(H,25,27)/b20-13+. The molecule has 0 atom stereocenters. The monoisotopic (exact) mass is 393 g/mol. The molecule has 152 valence electrons. The zero-order chi connectivity index (χ0) is 21.3. The summed E-state index contributed by atoms with van der Waals surface area (Å²) in [5.41, 5.74) is 4.95. The fourth-order valence-corrected chi connectivity index (χ4v) is 3.82. The van der Waals surface area contributed by atoms with E-state index in [1.165, 1.54) is 5.56 Å². The number of hydrogen-bond donors (Lipinski definition) is 1. The summed E-state index contributed by atoms with van der Waals surface area (Å²) in [5, 5.41) is 2.87. The zero-order valence-electron chi connectivity index (χ0n) is 17.8. The number of allylic oxidation sites excluding steroid dienone is 1. The second kappa shape index (κ2) is 7.70. The number of carbonyl (C=O) groups is 2. The normalized spacial score (nSPS) is 15.9. The van der Waals surface area contributed by atoms with Crippen LogP contribution in [0.4, 0.5) is 11.4 Å². The Bertz CT molecular complexity index is 1010. The summed E-state index contributed by atoms with van der Waals surface area (Å²) in [6, 6.07) is 9.77. The van der Waals surface area contributed by atoms with Gasteiger partial charge in [0.2, 0.25) is 5.91 Å². The van der Waals surface area contributed by atoms with Gasteiger partial charge < -0.3 is 15.0 Å². The second-order valence-corrected chi connectivity index (χ2v) is 7.69. The lowest BCUT2D eigenvalue weighted by molar-refractivity contribution is -0.112. The van der Waals surface area contributed by atoms with E-state index in [1.54, 1.807) is 32.9 Å². The molecule has 6 nitrogen and oxygen atoms in total. The van der Waals surface area contributed by atoms with E-state index in [2.05, 4.69) is 36.3 Å². The van der Waals surface area contributed by atoms with Crippen LogP contribution in [0.3, 0.4) is 0 Å². The molecule has 2 heterocycles. The highest BCUT2D eigenvalue weighted by Crippen LogP contribution is 2.46. The van der Waals surface area contributed by atoms with Gasteiger partial charge in [-0.25, -0.2) is 4.79 Å². The highest BCUT2D eigenvalue weighted by Gasteiger charge is 2.38.